The Morgan fingerprint density at radius 1 is 1.21 bits per heavy atom. The predicted molar refractivity (Wildman–Crippen MR) is 79.7 cm³/mol. The molecule has 0 N–H and O–H groups in total. The fraction of sp³-hybridized carbons (Fsp3) is 0.214. The lowest BCUT2D eigenvalue weighted by Gasteiger charge is -2.13. The number of nitrogens with zero attached hydrogens (tertiary/aromatic N) is 4. The van der Waals surface area contributed by atoms with Crippen LogP contribution in [0.25, 0.3) is 21.6 Å². The molecule has 4 nitrogen and oxygen atoms in total. The fourth-order valence-corrected chi connectivity index (χ4v) is 2.87. The maximum atomic E-state index is 4.67. The van der Waals surface area contributed by atoms with Crippen molar-refractivity contribution < 1.29 is 0 Å². The fourth-order valence-electron chi connectivity index (χ4n) is 1.99. The Morgan fingerprint density at radius 2 is 2.05 bits per heavy atom. The summed E-state index contributed by atoms with van der Waals surface area (Å²) in [5, 5.41) is 1.11. The zero-order chi connectivity index (χ0) is 13.4. The van der Waals surface area contributed by atoms with E-state index in [0.29, 0.717) is 0 Å². The Hall–Kier alpha value is -2.01. The zero-order valence-corrected chi connectivity index (χ0v) is 11.9. The molecule has 96 valence electrons. The van der Waals surface area contributed by atoms with Crippen LogP contribution in [0.1, 0.15) is 4.88 Å². The van der Waals surface area contributed by atoms with E-state index in [2.05, 4.69) is 27.9 Å². The third kappa shape index (κ3) is 2.17. The molecule has 19 heavy (non-hydrogen) atoms. The van der Waals surface area contributed by atoms with Crippen molar-refractivity contribution in [2.75, 3.05) is 19.0 Å². The third-order valence-corrected chi connectivity index (χ3v) is 3.78. The van der Waals surface area contributed by atoms with Gasteiger partial charge >= 0.3 is 0 Å². The Morgan fingerprint density at radius 3 is 2.74 bits per heavy atom. The van der Waals surface area contributed by atoms with E-state index in [0.717, 1.165) is 27.4 Å². The first-order valence-electron chi connectivity index (χ1n) is 6.01. The van der Waals surface area contributed by atoms with Crippen molar-refractivity contribution in [1.29, 1.82) is 0 Å². The lowest BCUT2D eigenvalue weighted by molar-refractivity contribution is 1.07. The molecule has 0 aromatic carbocycles. The van der Waals surface area contributed by atoms with Crippen LogP contribution in [0.5, 0.6) is 0 Å². The second kappa shape index (κ2) is 4.59. The quantitative estimate of drug-likeness (QED) is 0.717. The minimum atomic E-state index is 0.728. The van der Waals surface area contributed by atoms with Crippen LogP contribution in [0.15, 0.2) is 30.6 Å². The van der Waals surface area contributed by atoms with Crippen LogP contribution in [0, 0.1) is 6.92 Å². The van der Waals surface area contributed by atoms with Crippen LogP contribution in [-0.2, 0) is 0 Å². The van der Waals surface area contributed by atoms with E-state index in [9.17, 15) is 0 Å². The van der Waals surface area contributed by atoms with Crippen molar-refractivity contribution in [2.24, 2.45) is 0 Å². The highest BCUT2D eigenvalue weighted by Crippen LogP contribution is 2.31. The van der Waals surface area contributed by atoms with Crippen LogP contribution >= 0.6 is 11.3 Å². The second-order valence-electron chi connectivity index (χ2n) is 4.58. The van der Waals surface area contributed by atoms with Crippen molar-refractivity contribution in [2.45, 2.75) is 6.92 Å². The molecule has 3 heterocycles. The van der Waals surface area contributed by atoms with E-state index in [4.69, 9.17) is 0 Å². The number of anilines is 1. The molecule has 0 saturated heterocycles. The van der Waals surface area contributed by atoms with E-state index >= 15 is 0 Å². The maximum Gasteiger partial charge on any atom is 0.164 e. The zero-order valence-electron chi connectivity index (χ0n) is 11.1. The Balaban J connectivity index is 2.27. The lowest BCUT2D eigenvalue weighted by Crippen LogP contribution is -2.11. The van der Waals surface area contributed by atoms with Crippen LogP contribution in [0.4, 0.5) is 5.82 Å². The van der Waals surface area contributed by atoms with E-state index in [1.807, 2.05) is 31.1 Å². The van der Waals surface area contributed by atoms with Crippen molar-refractivity contribution >= 4 is 27.4 Å². The summed E-state index contributed by atoms with van der Waals surface area (Å²) in [6.07, 6.45) is 3.55. The molecule has 0 amide bonds. The molecule has 0 unspecified atom stereocenters. The first kappa shape index (κ1) is 12.0. The molecular weight excluding hydrogens is 256 g/mol. The van der Waals surface area contributed by atoms with Crippen molar-refractivity contribution in [3.8, 4) is 11.4 Å². The number of fused-ring (bicyclic) bond motifs is 1. The van der Waals surface area contributed by atoms with Gasteiger partial charge < -0.3 is 4.90 Å². The SMILES string of the molecule is Cc1cc2c(N(C)C)nc(-c3cccnc3)nc2s1. The van der Waals surface area contributed by atoms with Crippen molar-refractivity contribution in [3.63, 3.8) is 0 Å². The Kier molecular flexibility index (Phi) is 2.91. The average Bonchev–Trinajstić information content (AvgIpc) is 2.78. The van der Waals surface area contributed by atoms with Gasteiger partial charge in [0, 0.05) is 36.9 Å². The Bertz CT molecular complexity index is 719. The molecule has 0 aliphatic rings. The molecular formula is C14H14N4S. The van der Waals surface area contributed by atoms with Gasteiger partial charge in [-0.2, -0.15) is 0 Å². The summed E-state index contributed by atoms with van der Waals surface area (Å²) < 4.78 is 0. The number of aromatic nitrogens is 3. The molecule has 3 rings (SSSR count). The molecule has 0 fully saturated rings. The molecule has 0 saturated carbocycles. The topological polar surface area (TPSA) is 41.9 Å². The van der Waals surface area contributed by atoms with Gasteiger partial charge in [0.2, 0.25) is 0 Å². The van der Waals surface area contributed by atoms with Crippen molar-refractivity contribution in [3.05, 3.63) is 35.5 Å². The van der Waals surface area contributed by atoms with Gasteiger partial charge in [-0.25, -0.2) is 9.97 Å². The monoisotopic (exact) mass is 270 g/mol. The predicted octanol–water partition coefficient (Wildman–Crippen LogP) is 3.13. The van der Waals surface area contributed by atoms with Crippen LogP contribution in [-0.4, -0.2) is 29.0 Å². The van der Waals surface area contributed by atoms with E-state index in [-0.39, 0.29) is 0 Å². The summed E-state index contributed by atoms with van der Waals surface area (Å²) in [5.74, 6) is 1.68. The van der Waals surface area contributed by atoms with Gasteiger partial charge in [-0.05, 0) is 25.1 Å². The maximum absolute atomic E-state index is 4.67. The van der Waals surface area contributed by atoms with Gasteiger partial charge in [0.25, 0.3) is 0 Å². The molecule has 0 atom stereocenters. The number of thiophene rings is 1. The second-order valence-corrected chi connectivity index (χ2v) is 5.82. The Labute approximate surface area is 115 Å². The van der Waals surface area contributed by atoms with Gasteiger partial charge in [-0.1, -0.05) is 0 Å². The molecule has 0 aliphatic carbocycles. The van der Waals surface area contributed by atoms with Crippen molar-refractivity contribution in [1.82, 2.24) is 15.0 Å². The number of pyridine rings is 1. The molecule has 0 bridgehead atoms. The highest BCUT2D eigenvalue weighted by molar-refractivity contribution is 7.18. The number of hydrogen-bond acceptors (Lipinski definition) is 5. The average molecular weight is 270 g/mol. The largest absolute Gasteiger partial charge is 0.362 e. The number of rotatable bonds is 2. The molecule has 0 radical (unpaired) electrons. The third-order valence-electron chi connectivity index (χ3n) is 2.84. The summed E-state index contributed by atoms with van der Waals surface area (Å²) in [6.45, 7) is 2.09. The lowest BCUT2D eigenvalue weighted by atomic mass is 10.2. The normalized spacial score (nSPS) is 10.9. The van der Waals surface area contributed by atoms with Gasteiger partial charge in [0.15, 0.2) is 5.82 Å². The highest BCUT2D eigenvalue weighted by Gasteiger charge is 2.13. The van der Waals surface area contributed by atoms with Gasteiger partial charge in [0.1, 0.15) is 10.6 Å². The number of hydrogen-bond donors (Lipinski definition) is 0. The summed E-state index contributed by atoms with van der Waals surface area (Å²) in [7, 11) is 4.00. The summed E-state index contributed by atoms with van der Waals surface area (Å²) in [4.78, 5) is 17.7. The van der Waals surface area contributed by atoms with E-state index in [1.54, 1.807) is 23.7 Å². The van der Waals surface area contributed by atoms with E-state index < -0.39 is 0 Å². The molecule has 3 aromatic heterocycles. The molecule has 0 aliphatic heterocycles. The van der Waals surface area contributed by atoms with E-state index in [1.165, 1.54) is 4.88 Å². The molecule has 5 heteroatoms. The minimum Gasteiger partial charge on any atom is -0.362 e. The minimum absolute atomic E-state index is 0.728. The van der Waals surface area contributed by atoms with Crippen LogP contribution in [0.2, 0.25) is 0 Å². The summed E-state index contributed by atoms with van der Waals surface area (Å²) in [5.41, 5.74) is 0.943. The first-order chi connectivity index (χ1) is 9.15. The van der Waals surface area contributed by atoms with Gasteiger partial charge in [-0.15, -0.1) is 11.3 Å². The smallest absolute Gasteiger partial charge is 0.164 e. The van der Waals surface area contributed by atoms with Crippen LogP contribution in [0.3, 0.4) is 0 Å². The number of aryl methyl sites for hydroxylation is 1. The first-order valence-corrected chi connectivity index (χ1v) is 6.82. The summed E-state index contributed by atoms with van der Waals surface area (Å²) >= 11 is 1.69. The highest BCUT2D eigenvalue weighted by atomic mass is 32.1. The van der Waals surface area contributed by atoms with Crippen LogP contribution < -0.4 is 4.90 Å². The summed E-state index contributed by atoms with van der Waals surface area (Å²) in [6, 6.07) is 6.02. The molecule has 0 spiro atoms. The van der Waals surface area contributed by atoms with Gasteiger partial charge in [-0.3, -0.25) is 4.98 Å². The van der Waals surface area contributed by atoms with Gasteiger partial charge in [0.05, 0.1) is 5.39 Å². The standard InChI is InChI=1S/C14H14N4S/c1-9-7-11-13(18(2)3)16-12(17-14(11)19-9)10-5-4-6-15-8-10/h4-8H,1-3H3. The molecule has 3 aromatic rings.